The third-order valence-electron chi connectivity index (χ3n) is 3.85. The average Bonchev–Trinajstić information content (AvgIpc) is 3.30. The molecule has 0 saturated heterocycles. The fourth-order valence-electron chi connectivity index (χ4n) is 2.67. The highest BCUT2D eigenvalue weighted by Gasteiger charge is 2.13. The first-order valence-electron chi connectivity index (χ1n) is 8.49. The number of para-hydroxylation sites is 3. The van der Waals surface area contributed by atoms with Gasteiger partial charge in [0.05, 0.1) is 18.2 Å². The summed E-state index contributed by atoms with van der Waals surface area (Å²) in [7, 11) is 0. The van der Waals surface area contributed by atoms with Gasteiger partial charge in [0, 0.05) is 11.4 Å². The molecule has 128 valence electrons. The van der Waals surface area contributed by atoms with Crippen molar-refractivity contribution in [3.8, 4) is 0 Å². The number of furan rings is 1. The Morgan fingerprint density at radius 2 is 1.12 bits per heavy atom. The van der Waals surface area contributed by atoms with Crippen molar-refractivity contribution >= 4 is 23.1 Å². The molecule has 0 fully saturated rings. The molecule has 26 heavy (non-hydrogen) atoms. The smallest absolute Gasteiger partial charge is 0.0902 e. The summed E-state index contributed by atoms with van der Waals surface area (Å²) >= 11 is 0. The summed E-state index contributed by atoms with van der Waals surface area (Å²) < 4.78 is 4.58. The standard InChI is InChI=1S/C20H17N.C4H4O/c1-2-17-11-9-10-16-20(17)21(18-12-5-3-6-13-18)19-14-7-4-8-15-19;1-2-4-5-3-1/h2-16H,1H2;1-4H. The van der Waals surface area contributed by atoms with E-state index in [-0.39, 0.29) is 0 Å². The third-order valence-corrected chi connectivity index (χ3v) is 3.85. The molecule has 0 amide bonds. The molecule has 2 nitrogen and oxygen atoms in total. The van der Waals surface area contributed by atoms with Gasteiger partial charge in [0.1, 0.15) is 0 Å². The van der Waals surface area contributed by atoms with Crippen molar-refractivity contribution in [1.82, 2.24) is 0 Å². The molecule has 0 aliphatic heterocycles. The van der Waals surface area contributed by atoms with Gasteiger partial charge in [0.2, 0.25) is 0 Å². The lowest BCUT2D eigenvalue weighted by Gasteiger charge is -2.26. The number of nitrogens with zero attached hydrogens (tertiary/aromatic N) is 1. The van der Waals surface area contributed by atoms with Gasteiger partial charge >= 0.3 is 0 Å². The molecule has 0 unspecified atom stereocenters. The van der Waals surface area contributed by atoms with E-state index >= 15 is 0 Å². The molecular formula is C24H21NO. The quantitative estimate of drug-likeness (QED) is 0.395. The van der Waals surface area contributed by atoms with E-state index in [1.54, 1.807) is 12.5 Å². The van der Waals surface area contributed by atoms with Crippen molar-refractivity contribution in [3.05, 3.63) is 122 Å². The molecule has 4 aromatic rings. The van der Waals surface area contributed by atoms with Crippen LogP contribution < -0.4 is 4.90 Å². The van der Waals surface area contributed by atoms with Gasteiger partial charge < -0.3 is 9.32 Å². The van der Waals surface area contributed by atoms with Crippen molar-refractivity contribution in [2.75, 3.05) is 4.90 Å². The van der Waals surface area contributed by atoms with Crippen LogP contribution in [0.5, 0.6) is 0 Å². The van der Waals surface area contributed by atoms with Gasteiger partial charge in [-0.1, -0.05) is 67.3 Å². The third kappa shape index (κ3) is 4.31. The molecule has 0 saturated carbocycles. The molecule has 0 N–H and O–H groups in total. The fourth-order valence-corrected chi connectivity index (χ4v) is 2.67. The van der Waals surface area contributed by atoms with Crippen LogP contribution in [0, 0.1) is 0 Å². The maximum absolute atomic E-state index is 4.58. The van der Waals surface area contributed by atoms with Gasteiger partial charge in [-0.2, -0.15) is 0 Å². The lowest BCUT2D eigenvalue weighted by Crippen LogP contribution is -2.10. The van der Waals surface area contributed by atoms with Crippen LogP contribution in [0.1, 0.15) is 5.56 Å². The van der Waals surface area contributed by atoms with Gasteiger partial charge in [-0.05, 0) is 48.0 Å². The number of hydrogen-bond acceptors (Lipinski definition) is 2. The molecule has 3 aromatic carbocycles. The Balaban J connectivity index is 0.000000339. The van der Waals surface area contributed by atoms with E-state index in [1.165, 1.54) is 0 Å². The Hall–Kier alpha value is -3.52. The van der Waals surface area contributed by atoms with Crippen LogP contribution in [0.3, 0.4) is 0 Å². The molecule has 0 spiro atoms. The molecule has 1 heterocycles. The van der Waals surface area contributed by atoms with E-state index in [2.05, 4.69) is 82.6 Å². The van der Waals surface area contributed by atoms with Gasteiger partial charge in [0.15, 0.2) is 0 Å². The van der Waals surface area contributed by atoms with Crippen LogP contribution in [-0.2, 0) is 0 Å². The van der Waals surface area contributed by atoms with E-state index in [4.69, 9.17) is 0 Å². The summed E-state index contributed by atoms with van der Waals surface area (Å²) in [5.74, 6) is 0. The predicted octanol–water partition coefficient (Wildman–Crippen LogP) is 7.08. The Morgan fingerprint density at radius 1 is 0.615 bits per heavy atom. The number of benzene rings is 3. The summed E-state index contributed by atoms with van der Waals surface area (Å²) in [6, 6.07) is 32.7. The number of anilines is 3. The van der Waals surface area contributed by atoms with Crippen molar-refractivity contribution in [2.24, 2.45) is 0 Å². The van der Waals surface area contributed by atoms with Crippen LogP contribution in [-0.4, -0.2) is 0 Å². The zero-order valence-corrected chi connectivity index (χ0v) is 14.5. The van der Waals surface area contributed by atoms with E-state index in [0.717, 1.165) is 22.6 Å². The minimum atomic E-state index is 1.12. The highest BCUT2D eigenvalue weighted by Crippen LogP contribution is 2.36. The summed E-state index contributed by atoms with van der Waals surface area (Å²) in [5.41, 5.74) is 4.52. The fraction of sp³-hybridized carbons (Fsp3) is 0. The summed E-state index contributed by atoms with van der Waals surface area (Å²) in [5, 5.41) is 0. The molecule has 0 aliphatic rings. The van der Waals surface area contributed by atoms with Crippen molar-refractivity contribution in [3.63, 3.8) is 0 Å². The Kier molecular flexibility index (Phi) is 6.05. The molecule has 0 aliphatic carbocycles. The highest BCUT2D eigenvalue weighted by molar-refractivity contribution is 5.81. The van der Waals surface area contributed by atoms with Gasteiger partial charge in [-0.25, -0.2) is 0 Å². The zero-order valence-electron chi connectivity index (χ0n) is 14.5. The number of hydrogen-bond donors (Lipinski definition) is 0. The van der Waals surface area contributed by atoms with E-state index < -0.39 is 0 Å². The van der Waals surface area contributed by atoms with Crippen molar-refractivity contribution in [2.45, 2.75) is 0 Å². The van der Waals surface area contributed by atoms with Crippen LogP contribution >= 0.6 is 0 Å². The van der Waals surface area contributed by atoms with Gasteiger partial charge in [-0.15, -0.1) is 0 Å². The monoisotopic (exact) mass is 339 g/mol. The minimum Gasteiger partial charge on any atom is -0.473 e. The largest absolute Gasteiger partial charge is 0.473 e. The SMILES string of the molecule is C=Cc1ccccc1N(c1ccccc1)c1ccccc1.c1ccoc1. The number of rotatable bonds is 4. The maximum Gasteiger partial charge on any atom is 0.0902 e. The minimum absolute atomic E-state index is 1.12. The summed E-state index contributed by atoms with van der Waals surface area (Å²) in [6.45, 7) is 3.93. The molecule has 2 heteroatoms. The summed E-state index contributed by atoms with van der Waals surface area (Å²) in [6.07, 6.45) is 5.15. The first kappa shape index (κ1) is 17.3. The zero-order chi connectivity index (χ0) is 18.0. The maximum atomic E-state index is 4.58. The summed E-state index contributed by atoms with van der Waals surface area (Å²) in [4.78, 5) is 2.25. The lowest BCUT2D eigenvalue weighted by molar-refractivity contribution is 0.567. The second-order valence-electron chi connectivity index (χ2n) is 5.56. The first-order chi connectivity index (χ1) is 12.9. The molecule has 0 bridgehead atoms. The Morgan fingerprint density at radius 3 is 1.58 bits per heavy atom. The van der Waals surface area contributed by atoms with Crippen LogP contribution in [0.15, 0.2) is 121 Å². The average molecular weight is 339 g/mol. The topological polar surface area (TPSA) is 16.4 Å². The normalized spacial score (nSPS) is 9.69. The molecule has 1 aromatic heterocycles. The van der Waals surface area contributed by atoms with Crippen molar-refractivity contribution < 1.29 is 4.42 Å². The van der Waals surface area contributed by atoms with Crippen LogP contribution in [0.2, 0.25) is 0 Å². The van der Waals surface area contributed by atoms with Gasteiger partial charge in [-0.3, -0.25) is 0 Å². The van der Waals surface area contributed by atoms with Crippen LogP contribution in [0.4, 0.5) is 17.1 Å². The Bertz CT molecular complexity index is 843. The second kappa shape index (κ2) is 9.09. The van der Waals surface area contributed by atoms with Gasteiger partial charge in [0.25, 0.3) is 0 Å². The molecule has 0 radical (unpaired) electrons. The van der Waals surface area contributed by atoms with E-state index in [9.17, 15) is 0 Å². The second-order valence-corrected chi connectivity index (χ2v) is 5.56. The highest BCUT2D eigenvalue weighted by atomic mass is 16.3. The lowest BCUT2D eigenvalue weighted by atomic mass is 10.1. The van der Waals surface area contributed by atoms with Crippen LogP contribution in [0.25, 0.3) is 6.08 Å². The molecule has 0 atom stereocenters. The van der Waals surface area contributed by atoms with Crippen molar-refractivity contribution in [1.29, 1.82) is 0 Å². The Labute approximate surface area is 154 Å². The van der Waals surface area contributed by atoms with E-state index in [0.29, 0.717) is 0 Å². The molecular weight excluding hydrogens is 318 g/mol. The first-order valence-corrected chi connectivity index (χ1v) is 8.49. The molecule has 4 rings (SSSR count). The van der Waals surface area contributed by atoms with E-state index in [1.807, 2.05) is 36.4 Å². The predicted molar refractivity (Wildman–Crippen MR) is 110 cm³/mol.